The molecule has 29 heavy (non-hydrogen) atoms. The Morgan fingerprint density at radius 1 is 1.17 bits per heavy atom. The maximum absolute atomic E-state index is 12.2. The van der Waals surface area contributed by atoms with Crippen molar-refractivity contribution >= 4 is 18.3 Å². The van der Waals surface area contributed by atoms with Crippen molar-refractivity contribution in [2.45, 2.75) is 39.5 Å². The average molecular weight is 421 g/mol. The van der Waals surface area contributed by atoms with E-state index in [0.717, 1.165) is 24.4 Å². The maximum atomic E-state index is 12.2. The molecule has 1 aromatic heterocycles. The third-order valence-electron chi connectivity index (χ3n) is 4.52. The number of piperazine rings is 1. The lowest BCUT2D eigenvalue weighted by Crippen LogP contribution is -2.50. The van der Waals surface area contributed by atoms with Crippen molar-refractivity contribution < 1.29 is 18.7 Å². The molecule has 8 nitrogen and oxygen atoms in total. The van der Waals surface area contributed by atoms with Gasteiger partial charge in [0.05, 0.1) is 20.2 Å². The number of benzene rings is 1. The van der Waals surface area contributed by atoms with Gasteiger partial charge in [-0.15, -0.1) is 5.10 Å². The predicted octanol–water partition coefficient (Wildman–Crippen LogP) is 3.32. The van der Waals surface area contributed by atoms with Gasteiger partial charge in [0.1, 0.15) is 11.4 Å². The van der Waals surface area contributed by atoms with Crippen LogP contribution in [0.3, 0.4) is 0 Å². The van der Waals surface area contributed by atoms with E-state index in [0.29, 0.717) is 36.9 Å². The van der Waals surface area contributed by atoms with Gasteiger partial charge in [0.2, 0.25) is 5.89 Å². The van der Waals surface area contributed by atoms with Gasteiger partial charge < -0.3 is 18.8 Å². The van der Waals surface area contributed by atoms with Crippen molar-refractivity contribution in [3.05, 3.63) is 40.6 Å². The Hall–Kier alpha value is -2.39. The third-order valence-corrected chi connectivity index (χ3v) is 4.81. The fraction of sp³-hybridized carbons (Fsp3) is 0.550. The van der Waals surface area contributed by atoms with E-state index < -0.39 is 5.60 Å². The smallest absolute Gasteiger partial charge is 0.410 e. The summed E-state index contributed by atoms with van der Waals surface area (Å²) in [6.07, 6.45) is 0.296. The molecule has 2 heterocycles. The number of amides is 1. The quantitative estimate of drug-likeness (QED) is 0.687. The second-order valence-electron chi connectivity index (χ2n) is 8.01. The highest BCUT2D eigenvalue weighted by atomic mass is 32.1. The number of carbonyl (C=O) groups excluding carboxylic acids is 1. The monoisotopic (exact) mass is 420 g/mol. The van der Waals surface area contributed by atoms with Crippen LogP contribution < -0.4 is 4.74 Å². The van der Waals surface area contributed by atoms with Crippen molar-refractivity contribution in [2.24, 2.45) is 0 Å². The van der Waals surface area contributed by atoms with Crippen LogP contribution in [0.15, 0.2) is 28.7 Å². The molecule has 3 rings (SSSR count). The first-order chi connectivity index (χ1) is 13.7. The fourth-order valence-corrected chi connectivity index (χ4v) is 3.21. The second-order valence-corrected chi connectivity index (χ2v) is 8.36. The van der Waals surface area contributed by atoms with E-state index >= 15 is 0 Å². The van der Waals surface area contributed by atoms with Crippen LogP contribution in [0, 0.1) is 4.84 Å². The maximum Gasteiger partial charge on any atom is 0.410 e. The number of nitrogens with zero attached hydrogens (tertiary/aromatic N) is 4. The highest BCUT2D eigenvalue weighted by Gasteiger charge is 2.26. The number of carbonyl (C=O) groups is 1. The molecule has 0 atom stereocenters. The lowest BCUT2D eigenvalue weighted by atomic mass is 10.1. The SMILES string of the molecule is COc1ccc(Cc2nn(CN3CCN(C(=O)OC(C)(C)C)CC3)c(=S)o2)cc1. The first-order valence-electron chi connectivity index (χ1n) is 9.63. The summed E-state index contributed by atoms with van der Waals surface area (Å²) < 4.78 is 18.0. The summed E-state index contributed by atoms with van der Waals surface area (Å²) in [6, 6.07) is 7.77. The standard InChI is InChI=1S/C20H28N4O4S/c1-20(2,3)28-18(25)23-11-9-22(10-12-23)14-24-19(29)27-17(21-24)13-15-5-7-16(26-4)8-6-15/h5-8H,9-14H2,1-4H3. The van der Waals surface area contributed by atoms with Gasteiger partial charge >= 0.3 is 6.09 Å². The van der Waals surface area contributed by atoms with Gasteiger partial charge in [-0.1, -0.05) is 12.1 Å². The molecule has 9 heteroatoms. The van der Waals surface area contributed by atoms with Gasteiger partial charge in [-0.05, 0) is 50.7 Å². The summed E-state index contributed by atoms with van der Waals surface area (Å²) in [7, 11) is 1.64. The molecular formula is C20H28N4O4S. The van der Waals surface area contributed by atoms with E-state index in [4.69, 9.17) is 26.1 Å². The molecule has 1 saturated heterocycles. The zero-order valence-corrected chi connectivity index (χ0v) is 18.2. The Bertz CT molecular complexity index is 877. The van der Waals surface area contributed by atoms with Gasteiger partial charge in [-0.25, -0.2) is 9.48 Å². The molecule has 1 fully saturated rings. The molecule has 1 aromatic carbocycles. The van der Waals surface area contributed by atoms with Crippen LogP contribution in [0.5, 0.6) is 5.75 Å². The van der Waals surface area contributed by atoms with Crippen LogP contribution in [0.4, 0.5) is 4.79 Å². The summed E-state index contributed by atoms with van der Waals surface area (Å²) in [4.78, 5) is 16.5. The molecular weight excluding hydrogens is 392 g/mol. The first-order valence-corrected chi connectivity index (χ1v) is 10.0. The molecule has 0 saturated carbocycles. The van der Waals surface area contributed by atoms with E-state index in [2.05, 4.69) is 10.00 Å². The zero-order chi connectivity index (χ0) is 21.0. The summed E-state index contributed by atoms with van der Waals surface area (Å²) in [5, 5.41) is 4.51. The van der Waals surface area contributed by atoms with E-state index in [1.807, 2.05) is 45.0 Å². The summed E-state index contributed by atoms with van der Waals surface area (Å²) in [5.41, 5.74) is 0.586. The van der Waals surface area contributed by atoms with Gasteiger partial charge in [0.15, 0.2) is 0 Å². The Morgan fingerprint density at radius 3 is 2.41 bits per heavy atom. The van der Waals surface area contributed by atoms with E-state index in [1.54, 1.807) is 16.7 Å². The van der Waals surface area contributed by atoms with Crippen LogP contribution in [-0.2, 0) is 17.8 Å². The number of hydrogen-bond acceptors (Lipinski definition) is 7. The van der Waals surface area contributed by atoms with Gasteiger partial charge in [0.25, 0.3) is 4.84 Å². The predicted molar refractivity (Wildman–Crippen MR) is 111 cm³/mol. The van der Waals surface area contributed by atoms with Crippen LogP contribution in [-0.4, -0.2) is 64.6 Å². The highest BCUT2D eigenvalue weighted by molar-refractivity contribution is 7.71. The van der Waals surface area contributed by atoms with Gasteiger partial charge in [-0.3, -0.25) is 4.90 Å². The second kappa shape index (κ2) is 8.96. The van der Waals surface area contributed by atoms with Crippen LogP contribution in [0.25, 0.3) is 0 Å². The third kappa shape index (κ3) is 6.04. The van der Waals surface area contributed by atoms with Crippen molar-refractivity contribution in [2.75, 3.05) is 33.3 Å². The minimum atomic E-state index is -0.484. The summed E-state index contributed by atoms with van der Waals surface area (Å²) in [6.45, 7) is 8.82. The van der Waals surface area contributed by atoms with E-state index in [1.165, 1.54) is 0 Å². The topological polar surface area (TPSA) is 73.0 Å². The molecule has 0 bridgehead atoms. The molecule has 0 aliphatic carbocycles. The van der Waals surface area contributed by atoms with Gasteiger partial charge in [-0.2, -0.15) is 0 Å². The Morgan fingerprint density at radius 2 is 1.83 bits per heavy atom. The van der Waals surface area contributed by atoms with Crippen LogP contribution >= 0.6 is 12.2 Å². The Kier molecular flexibility index (Phi) is 6.59. The first kappa shape index (κ1) is 21.3. The number of rotatable bonds is 5. The summed E-state index contributed by atoms with van der Waals surface area (Å²) in [5.74, 6) is 1.39. The van der Waals surface area contributed by atoms with Crippen molar-refractivity contribution in [1.82, 2.24) is 19.6 Å². The molecule has 0 spiro atoms. The van der Waals surface area contributed by atoms with E-state index in [9.17, 15) is 4.79 Å². The molecule has 1 aliphatic heterocycles. The molecule has 2 aromatic rings. The van der Waals surface area contributed by atoms with E-state index in [-0.39, 0.29) is 6.09 Å². The summed E-state index contributed by atoms with van der Waals surface area (Å²) >= 11 is 5.32. The number of ether oxygens (including phenoxy) is 2. The van der Waals surface area contributed by atoms with Crippen LogP contribution in [0.1, 0.15) is 32.2 Å². The zero-order valence-electron chi connectivity index (χ0n) is 17.4. The fourth-order valence-electron chi connectivity index (χ4n) is 3.02. The Labute approximate surface area is 176 Å². The number of hydrogen-bond donors (Lipinski definition) is 0. The van der Waals surface area contributed by atoms with Crippen molar-refractivity contribution in [1.29, 1.82) is 0 Å². The van der Waals surface area contributed by atoms with Crippen molar-refractivity contribution in [3.63, 3.8) is 0 Å². The molecule has 1 amide bonds. The molecule has 0 radical (unpaired) electrons. The number of methoxy groups -OCH3 is 1. The van der Waals surface area contributed by atoms with Gasteiger partial charge in [0, 0.05) is 26.2 Å². The molecule has 0 unspecified atom stereocenters. The Balaban J connectivity index is 1.54. The van der Waals surface area contributed by atoms with Crippen LogP contribution in [0.2, 0.25) is 0 Å². The van der Waals surface area contributed by atoms with Crippen molar-refractivity contribution in [3.8, 4) is 5.75 Å². The average Bonchev–Trinajstić information content (AvgIpc) is 3.00. The highest BCUT2D eigenvalue weighted by Crippen LogP contribution is 2.15. The largest absolute Gasteiger partial charge is 0.497 e. The number of aromatic nitrogens is 2. The normalized spacial score (nSPS) is 15.4. The minimum absolute atomic E-state index is 0.267. The molecule has 158 valence electrons. The molecule has 1 aliphatic rings. The lowest BCUT2D eigenvalue weighted by Gasteiger charge is -2.35. The lowest BCUT2D eigenvalue weighted by molar-refractivity contribution is 0.0113. The molecule has 0 N–H and O–H groups in total. The minimum Gasteiger partial charge on any atom is -0.497 e.